The Morgan fingerprint density at radius 3 is 2.70 bits per heavy atom. The third-order valence-electron chi connectivity index (χ3n) is 4.21. The average Bonchev–Trinajstić information content (AvgIpc) is 3.01. The lowest BCUT2D eigenvalue weighted by Crippen LogP contribution is -2.31. The minimum absolute atomic E-state index is 0.242. The zero-order chi connectivity index (χ0) is 16.7. The van der Waals surface area contributed by atoms with Crippen LogP contribution in [0.15, 0.2) is 31.0 Å². The van der Waals surface area contributed by atoms with Crippen molar-refractivity contribution in [3.63, 3.8) is 0 Å². The van der Waals surface area contributed by atoms with E-state index in [0.717, 1.165) is 41.4 Å². The molecule has 0 aromatic heterocycles. The molecule has 1 aromatic carbocycles. The third-order valence-corrected chi connectivity index (χ3v) is 5.06. The van der Waals surface area contributed by atoms with Gasteiger partial charge in [-0.3, -0.25) is 0 Å². The maximum absolute atomic E-state index is 12.4. The van der Waals surface area contributed by atoms with Gasteiger partial charge in [0, 0.05) is 0 Å². The summed E-state index contributed by atoms with van der Waals surface area (Å²) in [6.07, 6.45) is 6.48. The molecule has 1 saturated carbocycles. The van der Waals surface area contributed by atoms with Crippen molar-refractivity contribution < 1.29 is 19.0 Å². The molecule has 126 valence electrons. The normalized spacial score (nSPS) is 15.9. The molecule has 1 aliphatic carbocycles. The molecule has 0 amide bonds. The molecule has 0 N–H and O–H groups in total. The number of hydrogen-bond acceptors (Lipinski definition) is 4. The molecule has 4 nitrogen and oxygen atoms in total. The van der Waals surface area contributed by atoms with Gasteiger partial charge in [0.2, 0.25) is 0 Å². The van der Waals surface area contributed by atoms with Crippen LogP contribution in [0.3, 0.4) is 0 Å². The van der Waals surface area contributed by atoms with Crippen LogP contribution in [-0.2, 0) is 9.47 Å². The highest BCUT2D eigenvalue weighted by atomic mass is 127. The summed E-state index contributed by atoms with van der Waals surface area (Å²) >= 11 is 2.16. The number of halogens is 1. The van der Waals surface area contributed by atoms with Gasteiger partial charge in [0.1, 0.15) is 24.6 Å². The molecule has 2 rings (SSSR count). The SMILES string of the molecule is C=COCCOc1ccc(C(=O)OC2(CC)CCCC2)cc1I. The first kappa shape index (κ1) is 18.1. The smallest absolute Gasteiger partial charge is 0.338 e. The lowest BCUT2D eigenvalue weighted by molar-refractivity contribution is -0.0172. The molecule has 1 aliphatic rings. The predicted molar refractivity (Wildman–Crippen MR) is 97.7 cm³/mol. The number of carbonyl (C=O) groups is 1. The first-order valence-electron chi connectivity index (χ1n) is 7.98. The second kappa shape index (κ2) is 8.57. The number of hydrogen-bond donors (Lipinski definition) is 0. The van der Waals surface area contributed by atoms with Gasteiger partial charge in [-0.25, -0.2) is 4.79 Å². The molecule has 1 aromatic rings. The quantitative estimate of drug-likeness (QED) is 0.259. The van der Waals surface area contributed by atoms with Crippen LogP contribution in [0.1, 0.15) is 49.4 Å². The van der Waals surface area contributed by atoms with Crippen LogP contribution in [0.4, 0.5) is 0 Å². The van der Waals surface area contributed by atoms with Crippen molar-refractivity contribution in [2.45, 2.75) is 44.6 Å². The highest BCUT2D eigenvalue weighted by Gasteiger charge is 2.36. The number of esters is 1. The van der Waals surface area contributed by atoms with Gasteiger partial charge in [-0.2, -0.15) is 0 Å². The van der Waals surface area contributed by atoms with E-state index in [-0.39, 0.29) is 11.6 Å². The summed E-state index contributed by atoms with van der Waals surface area (Å²) in [5.41, 5.74) is 0.309. The number of benzene rings is 1. The van der Waals surface area contributed by atoms with E-state index < -0.39 is 0 Å². The average molecular weight is 430 g/mol. The van der Waals surface area contributed by atoms with Crippen LogP contribution in [0.2, 0.25) is 0 Å². The number of ether oxygens (including phenoxy) is 3. The summed E-state index contributed by atoms with van der Waals surface area (Å²) in [7, 11) is 0. The molecule has 0 bridgehead atoms. The topological polar surface area (TPSA) is 44.8 Å². The standard InChI is InChI=1S/C18H23IO4/c1-3-18(9-5-6-10-18)23-17(20)14-7-8-16(15(19)13-14)22-12-11-21-4-2/h4,7-8,13H,2-3,5-6,9-12H2,1H3. The Labute approximate surface area is 151 Å². The summed E-state index contributed by atoms with van der Waals surface area (Å²) in [6.45, 7) is 6.45. The van der Waals surface area contributed by atoms with Crippen LogP contribution < -0.4 is 4.74 Å². The van der Waals surface area contributed by atoms with Gasteiger partial charge in [-0.05, 0) is 72.9 Å². The summed E-state index contributed by atoms with van der Waals surface area (Å²) in [4.78, 5) is 12.4. The number of carbonyl (C=O) groups excluding carboxylic acids is 1. The fourth-order valence-electron chi connectivity index (χ4n) is 2.83. The number of rotatable bonds is 8. The van der Waals surface area contributed by atoms with Gasteiger partial charge >= 0.3 is 5.97 Å². The van der Waals surface area contributed by atoms with Crippen molar-refractivity contribution in [3.8, 4) is 5.75 Å². The fourth-order valence-corrected chi connectivity index (χ4v) is 3.50. The van der Waals surface area contributed by atoms with E-state index in [1.807, 2.05) is 6.07 Å². The summed E-state index contributed by atoms with van der Waals surface area (Å²) in [5, 5.41) is 0. The van der Waals surface area contributed by atoms with Gasteiger partial charge in [-0.1, -0.05) is 13.5 Å². The first-order chi connectivity index (χ1) is 11.1. The molecule has 0 heterocycles. The molecule has 0 aliphatic heterocycles. The molecule has 0 spiro atoms. The summed E-state index contributed by atoms with van der Waals surface area (Å²) in [5.74, 6) is 0.495. The zero-order valence-electron chi connectivity index (χ0n) is 13.5. The first-order valence-corrected chi connectivity index (χ1v) is 9.06. The van der Waals surface area contributed by atoms with Crippen LogP contribution >= 0.6 is 22.6 Å². The minimum atomic E-state index is -0.264. The molecule has 1 fully saturated rings. The molecular formula is C18H23IO4. The lowest BCUT2D eigenvalue weighted by atomic mass is 9.98. The van der Waals surface area contributed by atoms with Crippen LogP contribution in [0.5, 0.6) is 5.75 Å². The lowest BCUT2D eigenvalue weighted by Gasteiger charge is -2.27. The Morgan fingerprint density at radius 1 is 1.35 bits per heavy atom. The monoisotopic (exact) mass is 430 g/mol. The largest absolute Gasteiger partial charge is 0.498 e. The van der Waals surface area contributed by atoms with E-state index in [4.69, 9.17) is 14.2 Å². The van der Waals surface area contributed by atoms with Crippen molar-refractivity contribution in [1.29, 1.82) is 0 Å². The van der Waals surface area contributed by atoms with E-state index in [1.54, 1.807) is 12.1 Å². The maximum atomic E-state index is 12.4. The van der Waals surface area contributed by atoms with E-state index in [0.29, 0.717) is 18.8 Å². The van der Waals surface area contributed by atoms with Crippen molar-refractivity contribution in [2.75, 3.05) is 13.2 Å². The van der Waals surface area contributed by atoms with E-state index in [1.165, 1.54) is 6.26 Å². The van der Waals surface area contributed by atoms with Crippen LogP contribution in [-0.4, -0.2) is 24.8 Å². The van der Waals surface area contributed by atoms with Gasteiger partial charge in [-0.15, -0.1) is 0 Å². The predicted octanol–water partition coefficient (Wildman–Crippen LogP) is 4.71. The molecular weight excluding hydrogens is 407 g/mol. The molecule has 0 atom stereocenters. The van der Waals surface area contributed by atoms with Crippen molar-refractivity contribution in [3.05, 3.63) is 40.2 Å². The molecule has 5 heteroatoms. The van der Waals surface area contributed by atoms with Gasteiger partial charge < -0.3 is 14.2 Å². The van der Waals surface area contributed by atoms with Crippen molar-refractivity contribution in [1.82, 2.24) is 0 Å². The summed E-state index contributed by atoms with van der Waals surface area (Å²) < 4.78 is 17.3. The second-order valence-electron chi connectivity index (χ2n) is 5.66. The minimum Gasteiger partial charge on any atom is -0.498 e. The fraction of sp³-hybridized carbons (Fsp3) is 0.500. The molecule has 0 radical (unpaired) electrons. The Kier molecular flexibility index (Phi) is 6.74. The maximum Gasteiger partial charge on any atom is 0.338 e. The Hall–Kier alpha value is -1.24. The second-order valence-corrected chi connectivity index (χ2v) is 6.83. The van der Waals surface area contributed by atoms with Gasteiger partial charge in [0.05, 0.1) is 15.4 Å². The summed E-state index contributed by atoms with van der Waals surface area (Å²) in [6, 6.07) is 5.37. The molecule has 0 saturated heterocycles. The van der Waals surface area contributed by atoms with E-state index in [9.17, 15) is 4.79 Å². The third kappa shape index (κ3) is 4.86. The highest BCUT2D eigenvalue weighted by molar-refractivity contribution is 14.1. The van der Waals surface area contributed by atoms with Crippen molar-refractivity contribution >= 4 is 28.6 Å². The Morgan fingerprint density at radius 2 is 2.09 bits per heavy atom. The molecule has 23 heavy (non-hydrogen) atoms. The Bertz CT molecular complexity index is 550. The van der Waals surface area contributed by atoms with E-state index in [2.05, 4.69) is 36.1 Å². The van der Waals surface area contributed by atoms with Gasteiger partial charge in [0.15, 0.2) is 0 Å². The van der Waals surface area contributed by atoms with Crippen molar-refractivity contribution in [2.24, 2.45) is 0 Å². The van der Waals surface area contributed by atoms with Crippen LogP contribution in [0.25, 0.3) is 0 Å². The van der Waals surface area contributed by atoms with Gasteiger partial charge in [0.25, 0.3) is 0 Å². The highest BCUT2D eigenvalue weighted by Crippen LogP contribution is 2.36. The molecule has 0 unspecified atom stereocenters. The van der Waals surface area contributed by atoms with Crippen LogP contribution in [0, 0.1) is 3.57 Å². The Balaban J connectivity index is 1.98. The van der Waals surface area contributed by atoms with E-state index >= 15 is 0 Å². The zero-order valence-corrected chi connectivity index (χ0v) is 15.6.